The van der Waals surface area contributed by atoms with Crippen molar-refractivity contribution in [2.24, 2.45) is 20.5 Å². The second kappa shape index (κ2) is 9.53. The third-order valence-electron chi connectivity index (χ3n) is 3.60. The summed E-state index contributed by atoms with van der Waals surface area (Å²) in [6, 6.07) is 4.39. The van der Waals surface area contributed by atoms with E-state index in [-0.39, 0.29) is 59.7 Å². The van der Waals surface area contributed by atoms with E-state index < -0.39 is 20.5 Å². The summed E-state index contributed by atoms with van der Waals surface area (Å²) in [6.07, 6.45) is 1.10. The minimum atomic E-state index is -3.32. The molecule has 2 rings (SSSR count). The van der Waals surface area contributed by atoms with Gasteiger partial charge in [0, 0.05) is 59.2 Å². The minimum absolute atomic E-state index is 0. The molecule has 13 heteroatoms. The van der Waals surface area contributed by atoms with Crippen LogP contribution in [-0.4, -0.2) is 46.8 Å². The van der Waals surface area contributed by atoms with Gasteiger partial charge in [-0.25, -0.2) is 8.42 Å². The maximum Gasteiger partial charge on any atom is 0.165 e. The predicted molar refractivity (Wildman–Crippen MR) is 102 cm³/mol. The molecule has 0 aliphatic heterocycles. The van der Waals surface area contributed by atoms with Crippen molar-refractivity contribution in [3.8, 4) is 5.75 Å². The molecule has 0 bridgehead atoms. The molecule has 0 aliphatic rings. The van der Waals surface area contributed by atoms with Crippen LogP contribution in [0.1, 0.15) is 0 Å². The van der Waals surface area contributed by atoms with Crippen LogP contribution >= 0.6 is 0 Å². The maximum absolute atomic E-state index is 11.6. The van der Waals surface area contributed by atoms with Gasteiger partial charge in [0.15, 0.2) is 9.84 Å². The summed E-state index contributed by atoms with van der Waals surface area (Å²) in [5, 5.41) is 26.1. The Morgan fingerprint density at radius 3 is 2.14 bits per heavy atom. The average Bonchev–Trinajstić information content (AvgIpc) is 2.56. The van der Waals surface area contributed by atoms with E-state index in [0.717, 1.165) is 6.26 Å². The number of aromatic hydroxyl groups is 1. The van der Waals surface area contributed by atoms with Gasteiger partial charge >= 0.3 is 0 Å². The van der Waals surface area contributed by atoms with Gasteiger partial charge in [-0.05, 0) is 27.7 Å². The van der Waals surface area contributed by atoms with E-state index >= 15 is 0 Å². The molecule has 0 unspecified atom stereocenters. The van der Waals surface area contributed by atoms with Crippen LogP contribution in [0, 0.1) is 0 Å². The molecule has 0 saturated carbocycles. The third kappa shape index (κ3) is 5.12. The van der Waals surface area contributed by atoms with Crippen molar-refractivity contribution in [1.29, 1.82) is 0 Å². The van der Waals surface area contributed by atoms with Gasteiger partial charge in [0.05, 0.1) is 5.69 Å². The Labute approximate surface area is 178 Å². The minimum Gasteiger partial charge on any atom is -0.505 e. The number of hydrogen-bond acceptors (Lipinski definition) is 11. The molecular weight excluding hydrogens is 490 g/mol. The van der Waals surface area contributed by atoms with E-state index in [2.05, 4.69) is 20.5 Å². The molecule has 0 spiro atoms. The van der Waals surface area contributed by atoms with Crippen LogP contribution in [0.2, 0.25) is 0 Å². The Morgan fingerprint density at radius 1 is 1.07 bits per heavy atom. The molecular formula is C15H18MoN5O5S2-. The van der Waals surface area contributed by atoms with E-state index in [0.29, 0.717) is 5.69 Å². The number of hydrogen-bond donors (Lipinski definition) is 1. The van der Waals surface area contributed by atoms with E-state index in [1.54, 1.807) is 13.1 Å². The zero-order valence-electron chi connectivity index (χ0n) is 15.5. The number of azo groups is 2. The van der Waals surface area contributed by atoms with Gasteiger partial charge in [0.1, 0.15) is 23.0 Å². The summed E-state index contributed by atoms with van der Waals surface area (Å²) in [5.41, 5.74) is 0.448. The van der Waals surface area contributed by atoms with E-state index in [1.807, 2.05) is 0 Å². The first-order chi connectivity index (χ1) is 12.6. The van der Waals surface area contributed by atoms with Crippen LogP contribution in [0.25, 0.3) is 10.8 Å². The molecule has 0 heterocycles. The number of benzene rings is 2. The molecule has 0 aliphatic carbocycles. The standard InChI is InChI=1S/C15H18N5O5S2.Mo/c1-16-18-13-10-7-12(26(22)23)14(19-17-2)15(21)9(10)5-6-11(13)20(3)8-27(4,24)25;/h5-7,21H,8H2,1-4H3;/q-1;. The van der Waals surface area contributed by atoms with Crippen LogP contribution < -0.4 is 4.90 Å². The molecule has 0 saturated heterocycles. The smallest absolute Gasteiger partial charge is 0.165 e. The van der Waals surface area contributed by atoms with Crippen molar-refractivity contribution < 1.29 is 43.0 Å². The number of rotatable bonds is 6. The van der Waals surface area contributed by atoms with Crippen LogP contribution in [-0.2, 0) is 50.0 Å². The topological polar surface area (TPSA) is 141 Å². The van der Waals surface area contributed by atoms with E-state index in [9.17, 15) is 21.9 Å². The summed E-state index contributed by atoms with van der Waals surface area (Å²) >= 11 is 0. The van der Waals surface area contributed by atoms with Crippen molar-refractivity contribution in [3.63, 3.8) is 0 Å². The summed E-state index contributed by atoms with van der Waals surface area (Å²) in [7, 11) is -1.69. The van der Waals surface area contributed by atoms with Gasteiger partial charge in [-0.3, -0.25) is 0 Å². The maximum atomic E-state index is 11.6. The third-order valence-corrected chi connectivity index (χ3v) is 5.13. The first-order valence-electron chi connectivity index (χ1n) is 7.51. The number of sulfone groups is 1. The van der Waals surface area contributed by atoms with E-state index in [1.165, 1.54) is 31.1 Å². The molecule has 1 N–H and O–H groups in total. The fourth-order valence-corrected chi connectivity index (χ4v) is 4.00. The normalized spacial score (nSPS) is 12.2. The number of nitrogens with zero attached hydrogens (tertiary/aromatic N) is 5. The Morgan fingerprint density at radius 2 is 1.64 bits per heavy atom. The van der Waals surface area contributed by atoms with E-state index in [4.69, 9.17) is 0 Å². The second-order valence-corrected chi connectivity index (χ2v) is 8.71. The first kappa shape index (κ1) is 24.1. The van der Waals surface area contributed by atoms with Crippen LogP contribution in [0.15, 0.2) is 43.6 Å². The van der Waals surface area contributed by atoms with Gasteiger partial charge in [0.2, 0.25) is 0 Å². The largest absolute Gasteiger partial charge is 0.505 e. The van der Waals surface area contributed by atoms with Crippen LogP contribution in [0.4, 0.5) is 17.1 Å². The monoisotopic (exact) mass is 510 g/mol. The molecule has 0 fully saturated rings. The van der Waals surface area contributed by atoms with Gasteiger partial charge < -0.3 is 18.4 Å². The van der Waals surface area contributed by atoms with Crippen LogP contribution in [0.3, 0.4) is 0 Å². The molecule has 152 valence electrons. The summed E-state index contributed by atoms with van der Waals surface area (Å²) in [4.78, 5) is 1.18. The first-order valence-corrected chi connectivity index (χ1v) is 10.6. The number of phenols is 1. The Balaban J connectivity index is 0.00000392. The van der Waals surface area contributed by atoms with Gasteiger partial charge in [-0.2, -0.15) is 20.5 Å². The molecule has 0 radical (unpaired) electrons. The van der Waals surface area contributed by atoms with Crippen molar-refractivity contribution in [3.05, 3.63) is 18.2 Å². The van der Waals surface area contributed by atoms with Gasteiger partial charge in [-0.15, -0.1) is 0 Å². The predicted octanol–water partition coefficient (Wildman–Crippen LogP) is 3.08. The van der Waals surface area contributed by atoms with Gasteiger partial charge in [0.25, 0.3) is 0 Å². The molecule has 2 aromatic rings. The number of phenolic OH excluding ortho intramolecular Hbond substituents is 1. The van der Waals surface area contributed by atoms with Crippen LogP contribution in [0.5, 0.6) is 5.75 Å². The second-order valence-electron chi connectivity index (χ2n) is 5.69. The van der Waals surface area contributed by atoms with Crippen molar-refractivity contribution in [2.75, 3.05) is 38.2 Å². The van der Waals surface area contributed by atoms with Crippen molar-refractivity contribution in [2.45, 2.75) is 4.90 Å². The fourth-order valence-electron chi connectivity index (χ4n) is 2.65. The molecule has 0 amide bonds. The molecule has 28 heavy (non-hydrogen) atoms. The summed E-state index contributed by atoms with van der Waals surface area (Å²) < 4.78 is 46.5. The quantitative estimate of drug-likeness (QED) is 0.361. The van der Waals surface area contributed by atoms with Crippen molar-refractivity contribution >= 4 is 48.4 Å². The number of fused-ring (bicyclic) bond motifs is 1. The fraction of sp³-hybridized carbons (Fsp3) is 0.333. The Hall–Kier alpha value is -1.91. The molecule has 10 nitrogen and oxygen atoms in total. The summed E-state index contributed by atoms with van der Waals surface area (Å²) in [5.74, 6) is -0.652. The molecule has 0 atom stereocenters. The molecule has 2 aromatic carbocycles. The van der Waals surface area contributed by atoms with Gasteiger partial charge in [-0.1, -0.05) is 6.07 Å². The number of anilines is 1. The zero-order valence-corrected chi connectivity index (χ0v) is 19.1. The SMILES string of the molecule is CN=Nc1c([S-](=O)=O)cc2c(N=NC)c(N(C)CS(C)(=O)=O)ccc2c1O.[Mo]. The molecule has 0 aromatic heterocycles. The average molecular weight is 508 g/mol. The summed E-state index contributed by atoms with van der Waals surface area (Å²) in [6.45, 7) is 0. The zero-order chi connectivity index (χ0) is 20.4. The Kier molecular flexibility index (Phi) is 8.21. The van der Waals surface area contributed by atoms with Crippen molar-refractivity contribution in [1.82, 2.24) is 0 Å². The Bertz CT molecular complexity index is 1120.